The third-order valence-electron chi connectivity index (χ3n) is 5.15. The lowest BCUT2D eigenvalue weighted by atomic mass is 10.1. The molecule has 1 aliphatic heterocycles. The fourth-order valence-corrected chi connectivity index (χ4v) is 3.49. The molecule has 142 valence electrons. The highest BCUT2D eigenvalue weighted by Gasteiger charge is 2.38. The number of rotatable bonds is 5. The monoisotopic (exact) mass is 461 g/mol. The van der Waals surface area contributed by atoms with Crippen LogP contribution < -0.4 is 15.5 Å². The van der Waals surface area contributed by atoms with Crippen LogP contribution in [0.5, 0.6) is 0 Å². The van der Waals surface area contributed by atoms with Gasteiger partial charge in [0.2, 0.25) is 5.95 Å². The van der Waals surface area contributed by atoms with E-state index in [1.54, 1.807) is 0 Å². The molecule has 8 heteroatoms. The van der Waals surface area contributed by atoms with E-state index in [1.807, 2.05) is 39.3 Å². The number of hydrogen-bond donors (Lipinski definition) is 2. The van der Waals surface area contributed by atoms with Crippen molar-refractivity contribution in [2.75, 3.05) is 39.1 Å². The first-order valence-electron chi connectivity index (χ1n) is 8.88. The molecule has 2 N–H and O–H groups in total. The Morgan fingerprint density at radius 1 is 1.36 bits per heavy atom. The third-order valence-corrected chi connectivity index (χ3v) is 5.15. The number of hydrogen-bond acceptors (Lipinski definition) is 4. The Balaban J connectivity index is 0.00000225. The first kappa shape index (κ1) is 20.3. The molecule has 2 unspecified atom stereocenters. The molecule has 1 aromatic heterocycles. The molecule has 0 radical (unpaired) electrons. The summed E-state index contributed by atoms with van der Waals surface area (Å²) in [5.41, 5.74) is 1.14. The molecule has 2 fully saturated rings. The molecule has 2 aliphatic rings. The molecule has 1 saturated heterocycles. The highest BCUT2D eigenvalue weighted by Crippen LogP contribution is 2.31. The fraction of sp³-hybridized carbons (Fsp3) is 0.765. The molecule has 0 aromatic carbocycles. The van der Waals surface area contributed by atoms with E-state index in [0.29, 0.717) is 18.5 Å². The number of halogens is 1. The minimum atomic E-state index is 0. The van der Waals surface area contributed by atoms with Gasteiger partial charge in [-0.3, -0.25) is 9.89 Å². The molecule has 7 nitrogen and oxygen atoms in total. The Morgan fingerprint density at radius 2 is 2.08 bits per heavy atom. The van der Waals surface area contributed by atoms with E-state index in [4.69, 9.17) is 0 Å². The lowest BCUT2D eigenvalue weighted by Crippen LogP contribution is -2.46. The minimum Gasteiger partial charge on any atom is -0.352 e. The van der Waals surface area contributed by atoms with Gasteiger partial charge in [0, 0.05) is 53.4 Å². The van der Waals surface area contributed by atoms with Gasteiger partial charge >= 0.3 is 0 Å². The van der Waals surface area contributed by atoms with Crippen LogP contribution in [0.4, 0.5) is 5.95 Å². The number of aromatic nitrogens is 2. The zero-order chi connectivity index (χ0) is 17.3. The zero-order valence-electron chi connectivity index (χ0n) is 16.0. The molecule has 0 amide bonds. The van der Waals surface area contributed by atoms with Crippen LogP contribution in [-0.4, -0.2) is 66.7 Å². The maximum absolute atomic E-state index is 4.45. The summed E-state index contributed by atoms with van der Waals surface area (Å²) in [4.78, 5) is 13.5. The molecule has 1 aromatic rings. The van der Waals surface area contributed by atoms with Crippen LogP contribution in [-0.2, 0) is 13.6 Å². The molecular formula is C17H32IN7. The zero-order valence-corrected chi connectivity index (χ0v) is 18.3. The summed E-state index contributed by atoms with van der Waals surface area (Å²) in [6.45, 7) is 5.37. The van der Waals surface area contributed by atoms with Gasteiger partial charge in [-0.1, -0.05) is 6.92 Å². The lowest BCUT2D eigenvalue weighted by Gasteiger charge is -2.20. The Morgan fingerprint density at radius 3 is 2.64 bits per heavy atom. The van der Waals surface area contributed by atoms with Gasteiger partial charge in [-0.2, -0.15) is 0 Å². The van der Waals surface area contributed by atoms with Crippen molar-refractivity contribution in [1.82, 2.24) is 25.1 Å². The average Bonchev–Trinajstić information content (AvgIpc) is 3.24. The van der Waals surface area contributed by atoms with E-state index in [0.717, 1.165) is 30.2 Å². The number of nitrogens with one attached hydrogen (secondary N) is 2. The summed E-state index contributed by atoms with van der Waals surface area (Å²) in [6, 6.07) is 1.31. The van der Waals surface area contributed by atoms with E-state index >= 15 is 0 Å². The van der Waals surface area contributed by atoms with Gasteiger partial charge in [0.15, 0.2) is 5.96 Å². The number of anilines is 1. The predicted octanol–water partition coefficient (Wildman–Crippen LogP) is 1.25. The smallest absolute Gasteiger partial charge is 0.204 e. The average molecular weight is 461 g/mol. The predicted molar refractivity (Wildman–Crippen MR) is 114 cm³/mol. The van der Waals surface area contributed by atoms with Crippen LogP contribution in [0.15, 0.2) is 11.2 Å². The van der Waals surface area contributed by atoms with E-state index < -0.39 is 0 Å². The molecule has 1 aliphatic carbocycles. The summed E-state index contributed by atoms with van der Waals surface area (Å²) >= 11 is 0. The summed E-state index contributed by atoms with van der Waals surface area (Å²) in [5.74, 6) is 2.48. The van der Waals surface area contributed by atoms with Crippen LogP contribution in [0.2, 0.25) is 0 Å². The quantitative estimate of drug-likeness (QED) is 0.393. The van der Waals surface area contributed by atoms with Crippen molar-refractivity contribution < 1.29 is 0 Å². The molecule has 25 heavy (non-hydrogen) atoms. The van der Waals surface area contributed by atoms with Crippen LogP contribution in [0.3, 0.4) is 0 Å². The molecule has 2 heterocycles. The highest BCUT2D eigenvalue weighted by atomic mass is 127. The van der Waals surface area contributed by atoms with E-state index in [1.165, 1.54) is 19.4 Å². The van der Waals surface area contributed by atoms with Crippen molar-refractivity contribution in [3.8, 4) is 0 Å². The van der Waals surface area contributed by atoms with Crippen molar-refractivity contribution in [3.63, 3.8) is 0 Å². The van der Waals surface area contributed by atoms with Crippen molar-refractivity contribution >= 4 is 35.9 Å². The molecule has 1 saturated carbocycles. The Labute approximate surface area is 168 Å². The second-order valence-corrected chi connectivity index (χ2v) is 7.34. The molecule has 2 atom stereocenters. The van der Waals surface area contributed by atoms with Crippen LogP contribution in [0.1, 0.15) is 25.5 Å². The largest absolute Gasteiger partial charge is 0.352 e. The minimum absolute atomic E-state index is 0. The van der Waals surface area contributed by atoms with Gasteiger partial charge in [-0.25, -0.2) is 4.98 Å². The van der Waals surface area contributed by atoms with Crippen LogP contribution >= 0.6 is 24.0 Å². The summed E-state index contributed by atoms with van der Waals surface area (Å²) in [7, 11) is 7.89. The highest BCUT2D eigenvalue weighted by molar-refractivity contribution is 14.0. The number of imidazole rings is 1. The fourth-order valence-electron chi connectivity index (χ4n) is 3.49. The first-order valence-corrected chi connectivity index (χ1v) is 8.88. The normalized spacial score (nSPS) is 24.1. The summed E-state index contributed by atoms with van der Waals surface area (Å²) in [6.07, 6.45) is 4.67. The third kappa shape index (κ3) is 4.78. The molecular weight excluding hydrogens is 429 g/mol. The number of likely N-dealkylation sites (tertiary alicyclic amines) is 1. The molecule has 0 spiro atoms. The van der Waals surface area contributed by atoms with Gasteiger partial charge in [0.25, 0.3) is 0 Å². The topological polar surface area (TPSA) is 60.7 Å². The van der Waals surface area contributed by atoms with Crippen molar-refractivity contribution in [3.05, 3.63) is 11.9 Å². The lowest BCUT2D eigenvalue weighted by molar-refractivity contribution is 0.315. The molecule has 3 rings (SSSR count). The number of guanidine groups is 1. The Kier molecular flexibility index (Phi) is 6.95. The van der Waals surface area contributed by atoms with E-state index in [9.17, 15) is 0 Å². The SMILES string of the molecule is CN=C(NCc1cnc(N(C)C)n1C)NC1CN(C2CC2)CC1C.I. The van der Waals surface area contributed by atoms with Gasteiger partial charge in [0.05, 0.1) is 18.4 Å². The maximum Gasteiger partial charge on any atom is 0.204 e. The van der Waals surface area contributed by atoms with Gasteiger partial charge in [-0.05, 0) is 18.8 Å². The van der Waals surface area contributed by atoms with Gasteiger partial charge in [0.1, 0.15) is 0 Å². The number of aliphatic imine (C=N–C) groups is 1. The van der Waals surface area contributed by atoms with Crippen molar-refractivity contribution in [1.29, 1.82) is 0 Å². The molecule has 0 bridgehead atoms. The van der Waals surface area contributed by atoms with Crippen molar-refractivity contribution in [2.24, 2.45) is 18.0 Å². The number of nitrogens with zero attached hydrogens (tertiary/aromatic N) is 5. The first-order chi connectivity index (χ1) is 11.5. The van der Waals surface area contributed by atoms with E-state index in [2.05, 4.69) is 37.0 Å². The van der Waals surface area contributed by atoms with Gasteiger partial charge in [-0.15, -0.1) is 24.0 Å². The second-order valence-electron chi connectivity index (χ2n) is 7.34. The summed E-state index contributed by atoms with van der Waals surface area (Å²) < 4.78 is 2.10. The van der Waals surface area contributed by atoms with E-state index in [-0.39, 0.29) is 24.0 Å². The Hall–Kier alpha value is -1.03. The van der Waals surface area contributed by atoms with Crippen LogP contribution in [0.25, 0.3) is 0 Å². The Bertz CT molecular complexity index is 594. The standard InChI is InChI=1S/C17H31N7.HI/c1-12-10-24(13-6-7-13)11-15(12)21-16(18-2)19-8-14-9-20-17(22(3)4)23(14)5;/h9,12-13,15H,6-8,10-11H2,1-5H3,(H2,18,19,21);1H. The van der Waals surface area contributed by atoms with Gasteiger partial charge < -0.3 is 20.1 Å². The summed E-state index contributed by atoms with van der Waals surface area (Å²) in [5, 5.41) is 7.03. The van der Waals surface area contributed by atoms with Crippen molar-refractivity contribution in [2.45, 2.75) is 38.4 Å². The van der Waals surface area contributed by atoms with Crippen LogP contribution in [0, 0.1) is 5.92 Å². The second kappa shape index (κ2) is 8.57. The maximum atomic E-state index is 4.45.